The first-order valence-electron chi connectivity index (χ1n) is 6.62. The summed E-state index contributed by atoms with van der Waals surface area (Å²) < 4.78 is 10.5. The number of nitrogens with zero attached hydrogens (tertiary/aromatic N) is 1. The van der Waals surface area contributed by atoms with Crippen molar-refractivity contribution in [2.75, 3.05) is 19.7 Å². The third-order valence-electron chi connectivity index (χ3n) is 3.39. The lowest BCUT2D eigenvalue weighted by molar-refractivity contribution is 0.0523. The van der Waals surface area contributed by atoms with Crippen molar-refractivity contribution in [3.05, 3.63) is 22.6 Å². The van der Waals surface area contributed by atoms with Gasteiger partial charge < -0.3 is 14.1 Å². The molecule has 19 heavy (non-hydrogen) atoms. The fraction of sp³-hybridized carbons (Fsp3) is 0.571. The summed E-state index contributed by atoms with van der Waals surface area (Å²) in [5.41, 5.74) is 0.956. The number of likely N-dealkylation sites (tertiary alicyclic amines) is 1. The van der Waals surface area contributed by atoms with Crippen LogP contribution in [0.2, 0.25) is 0 Å². The topological polar surface area (TPSA) is 59.8 Å². The highest BCUT2D eigenvalue weighted by atomic mass is 16.5. The van der Waals surface area contributed by atoms with Gasteiger partial charge in [0, 0.05) is 18.7 Å². The number of carbonyl (C=O) groups is 2. The zero-order chi connectivity index (χ0) is 14.0. The molecule has 1 saturated heterocycles. The number of esters is 1. The van der Waals surface area contributed by atoms with Crippen LogP contribution in [0.3, 0.4) is 0 Å². The molecular formula is C14H19NO4. The van der Waals surface area contributed by atoms with Gasteiger partial charge in [-0.05, 0) is 33.6 Å². The van der Waals surface area contributed by atoms with Crippen molar-refractivity contribution >= 4 is 11.9 Å². The summed E-state index contributed by atoms with van der Waals surface area (Å²) in [7, 11) is 0. The molecule has 1 aliphatic rings. The molecule has 0 spiro atoms. The predicted octanol–water partition coefficient (Wildman–Crippen LogP) is 2.31. The molecular weight excluding hydrogens is 246 g/mol. The number of carbonyl (C=O) groups excluding carboxylic acids is 2. The normalized spacial score (nSPS) is 14.8. The molecule has 0 radical (unpaired) electrons. The van der Waals surface area contributed by atoms with Gasteiger partial charge in [0.15, 0.2) is 5.76 Å². The Morgan fingerprint density at radius 3 is 2.47 bits per heavy atom. The Bertz CT molecular complexity index is 498. The minimum absolute atomic E-state index is 0.131. The number of rotatable bonds is 3. The molecule has 0 N–H and O–H groups in total. The summed E-state index contributed by atoms with van der Waals surface area (Å²) >= 11 is 0. The lowest BCUT2D eigenvalue weighted by Gasteiger charge is -2.13. The van der Waals surface area contributed by atoms with Crippen LogP contribution in [-0.4, -0.2) is 36.5 Å². The van der Waals surface area contributed by atoms with Crippen LogP contribution in [0.5, 0.6) is 0 Å². The molecule has 1 aliphatic heterocycles. The molecule has 0 bridgehead atoms. The molecule has 1 fully saturated rings. The molecule has 1 aromatic heterocycles. The molecule has 2 heterocycles. The fourth-order valence-electron chi connectivity index (χ4n) is 2.43. The van der Waals surface area contributed by atoms with Gasteiger partial charge in [-0.25, -0.2) is 4.79 Å². The summed E-state index contributed by atoms with van der Waals surface area (Å²) in [6.07, 6.45) is 2.05. The lowest BCUT2D eigenvalue weighted by atomic mass is 10.1. The average molecular weight is 265 g/mol. The van der Waals surface area contributed by atoms with Crippen LogP contribution >= 0.6 is 0 Å². The lowest BCUT2D eigenvalue weighted by Crippen LogP contribution is -2.27. The van der Waals surface area contributed by atoms with E-state index in [1.54, 1.807) is 25.7 Å². The molecule has 104 valence electrons. The smallest absolute Gasteiger partial charge is 0.341 e. The average Bonchev–Trinajstić information content (AvgIpc) is 2.97. The van der Waals surface area contributed by atoms with Crippen molar-refractivity contribution in [3.8, 4) is 0 Å². The Labute approximate surface area is 112 Å². The molecule has 0 unspecified atom stereocenters. The van der Waals surface area contributed by atoms with E-state index in [0.29, 0.717) is 23.5 Å². The first-order valence-corrected chi connectivity index (χ1v) is 6.62. The van der Waals surface area contributed by atoms with Crippen molar-refractivity contribution in [2.24, 2.45) is 0 Å². The summed E-state index contributed by atoms with van der Waals surface area (Å²) in [4.78, 5) is 25.9. The molecule has 2 rings (SSSR count). The van der Waals surface area contributed by atoms with Crippen LogP contribution in [-0.2, 0) is 4.74 Å². The highest BCUT2D eigenvalue weighted by Crippen LogP contribution is 2.25. The third kappa shape index (κ3) is 2.50. The van der Waals surface area contributed by atoms with Crippen LogP contribution in [0, 0.1) is 13.8 Å². The van der Waals surface area contributed by atoms with Crippen molar-refractivity contribution < 1.29 is 18.7 Å². The number of aryl methyl sites for hydroxylation is 1. The number of furan rings is 1. The van der Waals surface area contributed by atoms with Gasteiger partial charge in [0.2, 0.25) is 0 Å². The van der Waals surface area contributed by atoms with Gasteiger partial charge in [0.05, 0.1) is 6.61 Å². The van der Waals surface area contributed by atoms with Gasteiger partial charge in [-0.15, -0.1) is 0 Å². The summed E-state index contributed by atoms with van der Waals surface area (Å²) in [6, 6.07) is 0. The molecule has 0 aliphatic carbocycles. The Balaban J connectivity index is 2.30. The highest BCUT2D eigenvalue weighted by molar-refractivity contribution is 5.99. The maximum atomic E-state index is 12.3. The first kappa shape index (κ1) is 13.6. The molecule has 0 atom stereocenters. The Kier molecular flexibility index (Phi) is 3.93. The van der Waals surface area contributed by atoms with E-state index in [1.807, 2.05) is 0 Å². The molecule has 1 aromatic rings. The largest absolute Gasteiger partial charge is 0.462 e. The monoisotopic (exact) mass is 265 g/mol. The van der Waals surface area contributed by atoms with E-state index < -0.39 is 5.97 Å². The van der Waals surface area contributed by atoms with Crippen molar-refractivity contribution in [2.45, 2.75) is 33.6 Å². The maximum absolute atomic E-state index is 12.3. The van der Waals surface area contributed by atoms with Crippen molar-refractivity contribution in [1.82, 2.24) is 4.90 Å². The predicted molar refractivity (Wildman–Crippen MR) is 69.3 cm³/mol. The first-order chi connectivity index (χ1) is 9.06. The van der Waals surface area contributed by atoms with E-state index in [9.17, 15) is 9.59 Å². The summed E-state index contributed by atoms with van der Waals surface area (Å²) in [5, 5.41) is 0. The van der Waals surface area contributed by atoms with Crippen LogP contribution in [0.15, 0.2) is 4.42 Å². The highest BCUT2D eigenvalue weighted by Gasteiger charge is 2.29. The molecule has 0 aromatic carbocycles. The van der Waals surface area contributed by atoms with E-state index in [2.05, 4.69) is 0 Å². The molecule has 0 saturated carbocycles. The van der Waals surface area contributed by atoms with E-state index >= 15 is 0 Å². The zero-order valence-electron chi connectivity index (χ0n) is 11.6. The Morgan fingerprint density at radius 2 is 1.89 bits per heavy atom. The molecule has 5 nitrogen and oxygen atoms in total. The Hall–Kier alpha value is -1.78. The second-order valence-corrected chi connectivity index (χ2v) is 4.71. The minimum Gasteiger partial charge on any atom is -0.462 e. The zero-order valence-corrected chi connectivity index (χ0v) is 11.6. The van der Waals surface area contributed by atoms with Crippen LogP contribution in [0.1, 0.15) is 52.0 Å². The number of ether oxygens (including phenoxy) is 1. The van der Waals surface area contributed by atoms with Crippen LogP contribution in [0.25, 0.3) is 0 Å². The van der Waals surface area contributed by atoms with Gasteiger partial charge in [0.25, 0.3) is 5.91 Å². The molecule has 1 amide bonds. The van der Waals surface area contributed by atoms with Crippen molar-refractivity contribution in [1.29, 1.82) is 0 Å². The minimum atomic E-state index is -0.429. The van der Waals surface area contributed by atoms with Gasteiger partial charge >= 0.3 is 5.97 Å². The number of amides is 1. The fourth-order valence-corrected chi connectivity index (χ4v) is 2.43. The number of hydrogen-bond donors (Lipinski definition) is 0. The quantitative estimate of drug-likeness (QED) is 0.787. The second-order valence-electron chi connectivity index (χ2n) is 4.71. The van der Waals surface area contributed by atoms with E-state index in [1.165, 1.54) is 0 Å². The SMILES string of the molecule is CCOC(=O)c1c(C)oc(C(=O)N2CCCC2)c1C. The van der Waals surface area contributed by atoms with Gasteiger partial charge in [0.1, 0.15) is 11.3 Å². The van der Waals surface area contributed by atoms with Gasteiger partial charge in [-0.3, -0.25) is 4.79 Å². The second kappa shape index (κ2) is 5.47. The van der Waals surface area contributed by atoms with Crippen LogP contribution in [0.4, 0.5) is 0 Å². The van der Waals surface area contributed by atoms with E-state index in [4.69, 9.17) is 9.15 Å². The standard InChI is InChI=1S/C14H19NO4/c1-4-18-14(17)11-9(2)12(19-10(11)3)13(16)15-7-5-6-8-15/h4-8H2,1-3H3. The van der Waals surface area contributed by atoms with Gasteiger partial charge in [-0.1, -0.05) is 0 Å². The number of hydrogen-bond acceptors (Lipinski definition) is 4. The van der Waals surface area contributed by atoms with E-state index in [-0.39, 0.29) is 11.7 Å². The summed E-state index contributed by atoms with van der Waals surface area (Å²) in [6.45, 7) is 6.98. The van der Waals surface area contributed by atoms with Crippen molar-refractivity contribution in [3.63, 3.8) is 0 Å². The van der Waals surface area contributed by atoms with Crippen LogP contribution < -0.4 is 0 Å². The third-order valence-corrected chi connectivity index (χ3v) is 3.39. The maximum Gasteiger partial charge on any atom is 0.341 e. The van der Waals surface area contributed by atoms with E-state index in [0.717, 1.165) is 25.9 Å². The van der Waals surface area contributed by atoms with Gasteiger partial charge in [-0.2, -0.15) is 0 Å². The molecule has 5 heteroatoms. The Morgan fingerprint density at radius 1 is 1.26 bits per heavy atom. The summed E-state index contributed by atoms with van der Waals surface area (Å²) in [5.74, 6) is 0.149.